The molecular weight excluding hydrogens is 273 g/mol. The lowest BCUT2D eigenvalue weighted by atomic mass is 9.92. The van der Waals surface area contributed by atoms with Crippen molar-refractivity contribution >= 4 is 21.4 Å². The Hall–Kier alpha value is -0.970. The van der Waals surface area contributed by atoms with Crippen LogP contribution in [0, 0.1) is 11.7 Å². The largest absolute Gasteiger partial charge is 0.381 e. The molecule has 0 spiro atoms. The van der Waals surface area contributed by atoms with Crippen LogP contribution in [-0.2, 0) is 4.74 Å². The summed E-state index contributed by atoms with van der Waals surface area (Å²) < 4.78 is 20.0. The molecule has 2 aromatic rings. The molecule has 1 fully saturated rings. The Kier molecular flexibility index (Phi) is 4.34. The van der Waals surface area contributed by atoms with Crippen molar-refractivity contribution in [2.24, 2.45) is 5.92 Å². The Morgan fingerprint density at radius 1 is 1.45 bits per heavy atom. The van der Waals surface area contributed by atoms with Gasteiger partial charge in [0, 0.05) is 28.1 Å². The number of hydrogen-bond donors (Lipinski definition) is 1. The van der Waals surface area contributed by atoms with Gasteiger partial charge in [0.25, 0.3) is 0 Å². The van der Waals surface area contributed by atoms with E-state index in [1.54, 1.807) is 17.4 Å². The molecule has 1 aromatic heterocycles. The minimum Gasteiger partial charge on any atom is -0.381 e. The summed E-state index contributed by atoms with van der Waals surface area (Å²) in [5.41, 5.74) is 0. The first-order valence-corrected chi connectivity index (χ1v) is 8.09. The molecule has 3 rings (SSSR count). The van der Waals surface area contributed by atoms with E-state index in [-0.39, 0.29) is 5.82 Å². The molecule has 1 aliphatic rings. The molecule has 0 saturated carbocycles. The minimum absolute atomic E-state index is 0.160. The van der Waals surface area contributed by atoms with Crippen molar-refractivity contribution in [2.75, 3.05) is 19.8 Å². The fourth-order valence-corrected chi connectivity index (χ4v) is 4.19. The molecule has 1 saturated heterocycles. The Bertz CT molecular complexity index is 577. The number of nitrogens with one attached hydrogen (secondary N) is 1. The third-order valence-corrected chi connectivity index (χ3v) is 5.08. The number of benzene rings is 1. The Morgan fingerprint density at radius 3 is 3.10 bits per heavy atom. The maximum Gasteiger partial charge on any atom is 0.124 e. The lowest BCUT2D eigenvalue weighted by Gasteiger charge is -2.30. The molecule has 1 aromatic carbocycles. The van der Waals surface area contributed by atoms with Crippen molar-refractivity contribution in [1.82, 2.24) is 5.32 Å². The molecule has 4 heteroatoms. The molecule has 1 N–H and O–H groups in total. The summed E-state index contributed by atoms with van der Waals surface area (Å²) in [6, 6.07) is 7.54. The van der Waals surface area contributed by atoms with Gasteiger partial charge in [-0.1, -0.05) is 13.0 Å². The van der Waals surface area contributed by atoms with Crippen molar-refractivity contribution in [2.45, 2.75) is 25.8 Å². The van der Waals surface area contributed by atoms with Crippen LogP contribution in [0.25, 0.3) is 10.1 Å². The van der Waals surface area contributed by atoms with E-state index in [1.807, 2.05) is 6.07 Å². The fourth-order valence-electron chi connectivity index (χ4n) is 2.93. The first-order valence-electron chi connectivity index (χ1n) is 7.28. The van der Waals surface area contributed by atoms with Crippen molar-refractivity contribution in [3.8, 4) is 0 Å². The van der Waals surface area contributed by atoms with E-state index in [0.29, 0.717) is 12.0 Å². The smallest absolute Gasteiger partial charge is 0.124 e. The highest BCUT2D eigenvalue weighted by Crippen LogP contribution is 2.36. The summed E-state index contributed by atoms with van der Waals surface area (Å²) in [5, 5.41) is 4.71. The second-order valence-corrected chi connectivity index (χ2v) is 6.46. The lowest BCUT2D eigenvalue weighted by Crippen LogP contribution is -2.32. The van der Waals surface area contributed by atoms with Gasteiger partial charge in [-0.15, -0.1) is 11.3 Å². The predicted octanol–water partition coefficient (Wildman–Crippen LogP) is 4.12. The number of halogens is 1. The molecule has 0 aliphatic carbocycles. The normalized spacial score (nSPS) is 21.2. The zero-order valence-corrected chi connectivity index (χ0v) is 12.5. The number of hydrogen-bond acceptors (Lipinski definition) is 3. The molecule has 20 heavy (non-hydrogen) atoms. The molecule has 0 amide bonds. The third-order valence-electron chi connectivity index (χ3n) is 3.90. The van der Waals surface area contributed by atoms with Gasteiger partial charge in [0.15, 0.2) is 0 Å². The topological polar surface area (TPSA) is 21.3 Å². The van der Waals surface area contributed by atoms with E-state index in [4.69, 9.17) is 4.74 Å². The summed E-state index contributed by atoms with van der Waals surface area (Å²) >= 11 is 1.70. The van der Waals surface area contributed by atoms with Crippen molar-refractivity contribution in [3.63, 3.8) is 0 Å². The van der Waals surface area contributed by atoms with E-state index < -0.39 is 0 Å². The van der Waals surface area contributed by atoms with Gasteiger partial charge >= 0.3 is 0 Å². The minimum atomic E-state index is -0.160. The summed E-state index contributed by atoms with van der Waals surface area (Å²) in [7, 11) is 0. The maximum atomic E-state index is 13.3. The zero-order valence-electron chi connectivity index (χ0n) is 11.7. The number of rotatable bonds is 4. The van der Waals surface area contributed by atoms with E-state index in [9.17, 15) is 4.39 Å². The lowest BCUT2D eigenvalue weighted by molar-refractivity contribution is 0.0398. The monoisotopic (exact) mass is 293 g/mol. The highest BCUT2D eigenvalue weighted by atomic mass is 32.1. The van der Waals surface area contributed by atoms with Crippen LogP contribution in [0.4, 0.5) is 4.39 Å². The number of fused-ring (bicyclic) bond motifs is 1. The third kappa shape index (κ3) is 2.87. The maximum absolute atomic E-state index is 13.3. The van der Waals surface area contributed by atoms with Gasteiger partial charge in [-0.25, -0.2) is 4.39 Å². The van der Waals surface area contributed by atoms with Crippen LogP contribution in [0.1, 0.15) is 30.7 Å². The predicted molar refractivity (Wildman–Crippen MR) is 81.7 cm³/mol. The van der Waals surface area contributed by atoms with Gasteiger partial charge in [0.2, 0.25) is 0 Å². The first kappa shape index (κ1) is 14.0. The number of thiophene rings is 1. The van der Waals surface area contributed by atoms with Crippen molar-refractivity contribution in [1.29, 1.82) is 0 Å². The van der Waals surface area contributed by atoms with Crippen LogP contribution in [-0.4, -0.2) is 19.8 Å². The second-order valence-electron chi connectivity index (χ2n) is 5.34. The molecule has 2 nitrogen and oxygen atoms in total. The van der Waals surface area contributed by atoms with Gasteiger partial charge in [-0.3, -0.25) is 0 Å². The standard InChI is InChI=1S/C16H20FNOS/c1-2-18-16(12-4-3-7-19-10-12)15-8-11-5-6-13(17)9-14(11)20-15/h5-6,8-9,12,16,18H,2-4,7,10H2,1H3. The van der Waals surface area contributed by atoms with Gasteiger partial charge in [0.05, 0.1) is 6.61 Å². The van der Waals surface area contributed by atoms with E-state index in [2.05, 4.69) is 18.3 Å². The van der Waals surface area contributed by atoms with Gasteiger partial charge in [-0.2, -0.15) is 0 Å². The number of ether oxygens (including phenoxy) is 1. The second kappa shape index (κ2) is 6.20. The van der Waals surface area contributed by atoms with Crippen LogP contribution in [0.2, 0.25) is 0 Å². The average molecular weight is 293 g/mol. The summed E-state index contributed by atoms with van der Waals surface area (Å²) in [6.07, 6.45) is 2.33. The molecule has 2 atom stereocenters. The molecule has 0 bridgehead atoms. The van der Waals surface area contributed by atoms with Crippen molar-refractivity contribution in [3.05, 3.63) is 35.0 Å². The highest BCUT2D eigenvalue weighted by Gasteiger charge is 2.26. The van der Waals surface area contributed by atoms with Gasteiger partial charge < -0.3 is 10.1 Å². The van der Waals surface area contributed by atoms with Gasteiger partial charge in [0.1, 0.15) is 5.82 Å². The molecule has 1 aliphatic heterocycles. The molecule has 2 unspecified atom stereocenters. The molecule has 108 valence electrons. The van der Waals surface area contributed by atoms with Crippen LogP contribution in [0.5, 0.6) is 0 Å². The Balaban J connectivity index is 1.91. The van der Waals surface area contributed by atoms with Gasteiger partial charge in [-0.05, 0) is 43.0 Å². The molecule has 2 heterocycles. The van der Waals surface area contributed by atoms with Crippen LogP contribution in [0.15, 0.2) is 24.3 Å². The zero-order chi connectivity index (χ0) is 13.9. The molecular formula is C16H20FNOS. The van der Waals surface area contributed by atoms with E-state index in [0.717, 1.165) is 36.3 Å². The quantitative estimate of drug-likeness (QED) is 0.915. The van der Waals surface area contributed by atoms with Crippen LogP contribution in [0.3, 0.4) is 0 Å². The van der Waals surface area contributed by atoms with E-state index >= 15 is 0 Å². The fraction of sp³-hybridized carbons (Fsp3) is 0.500. The van der Waals surface area contributed by atoms with Crippen LogP contribution >= 0.6 is 11.3 Å². The highest BCUT2D eigenvalue weighted by molar-refractivity contribution is 7.19. The summed E-state index contributed by atoms with van der Waals surface area (Å²) in [6.45, 7) is 4.76. The van der Waals surface area contributed by atoms with Crippen LogP contribution < -0.4 is 5.32 Å². The summed E-state index contributed by atoms with van der Waals surface area (Å²) in [4.78, 5) is 1.29. The van der Waals surface area contributed by atoms with Crippen molar-refractivity contribution < 1.29 is 9.13 Å². The Morgan fingerprint density at radius 2 is 2.35 bits per heavy atom. The average Bonchev–Trinajstić information content (AvgIpc) is 2.88. The molecule has 0 radical (unpaired) electrons. The SMILES string of the molecule is CCNC(c1cc2ccc(F)cc2s1)C1CCCOC1. The Labute approximate surface area is 122 Å². The summed E-state index contributed by atoms with van der Waals surface area (Å²) in [5.74, 6) is 0.355. The first-order chi connectivity index (χ1) is 9.78. The van der Waals surface area contributed by atoms with E-state index in [1.165, 1.54) is 17.4 Å².